The summed E-state index contributed by atoms with van der Waals surface area (Å²) in [6, 6.07) is 5.55. The van der Waals surface area contributed by atoms with Gasteiger partial charge in [0.2, 0.25) is 0 Å². The van der Waals surface area contributed by atoms with Crippen molar-refractivity contribution < 1.29 is 9.53 Å². The maximum atomic E-state index is 12.1. The number of amides is 1. The standard InChI is InChI=1S/C13H19N3O2/c1-16(2)13(17)11-4-3-9(14)7-12(11)15-10-5-6-18-8-10/h3-4,7,10,15H,5-6,8,14H2,1-2H3. The second-order valence-corrected chi connectivity index (χ2v) is 4.71. The third kappa shape index (κ3) is 2.73. The average molecular weight is 249 g/mol. The lowest BCUT2D eigenvalue weighted by Gasteiger charge is -2.18. The van der Waals surface area contributed by atoms with E-state index < -0.39 is 0 Å². The highest BCUT2D eigenvalue weighted by molar-refractivity contribution is 6.00. The van der Waals surface area contributed by atoms with Gasteiger partial charge in [-0.05, 0) is 24.6 Å². The van der Waals surface area contributed by atoms with Gasteiger partial charge in [-0.2, -0.15) is 0 Å². The molecule has 98 valence electrons. The van der Waals surface area contributed by atoms with Gasteiger partial charge in [-0.1, -0.05) is 0 Å². The third-order valence-corrected chi connectivity index (χ3v) is 2.97. The monoisotopic (exact) mass is 249 g/mol. The summed E-state index contributed by atoms with van der Waals surface area (Å²) in [5.41, 5.74) is 7.85. The number of hydrogen-bond donors (Lipinski definition) is 2. The second-order valence-electron chi connectivity index (χ2n) is 4.71. The van der Waals surface area contributed by atoms with Gasteiger partial charge in [0.15, 0.2) is 0 Å². The van der Waals surface area contributed by atoms with Crippen LogP contribution < -0.4 is 11.1 Å². The van der Waals surface area contributed by atoms with E-state index in [-0.39, 0.29) is 11.9 Å². The number of rotatable bonds is 3. The number of carbonyl (C=O) groups is 1. The zero-order valence-electron chi connectivity index (χ0n) is 10.8. The number of nitrogens with zero attached hydrogens (tertiary/aromatic N) is 1. The molecule has 1 amide bonds. The predicted molar refractivity (Wildman–Crippen MR) is 71.7 cm³/mol. The van der Waals surface area contributed by atoms with Crippen molar-refractivity contribution in [2.75, 3.05) is 38.4 Å². The molecule has 1 unspecified atom stereocenters. The number of benzene rings is 1. The molecule has 5 heteroatoms. The number of nitrogen functional groups attached to an aromatic ring is 1. The molecule has 1 fully saturated rings. The number of ether oxygens (including phenoxy) is 1. The highest BCUT2D eigenvalue weighted by Crippen LogP contribution is 2.23. The molecule has 0 radical (unpaired) electrons. The van der Waals surface area contributed by atoms with Crippen molar-refractivity contribution in [3.63, 3.8) is 0 Å². The van der Waals surface area contributed by atoms with Crippen LogP contribution in [0.4, 0.5) is 11.4 Å². The predicted octanol–water partition coefficient (Wildman–Crippen LogP) is 1.17. The lowest BCUT2D eigenvalue weighted by Crippen LogP contribution is -2.25. The Morgan fingerprint density at radius 2 is 2.28 bits per heavy atom. The first-order chi connectivity index (χ1) is 8.58. The molecule has 18 heavy (non-hydrogen) atoms. The fraction of sp³-hybridized carbons (Fsp3) is 0.462. The molecular formula is C13H19N3O2. The van der Waals surface area contributed by atoms with E-state index in [9.17, 15) is 4.79 Å². The number of anilines is 2. The van der Waals surface area contributed by atoms with Crippen molar-refractivity contribution >= 4 is 17.3 Å². The van der Waals surface area contributed by atoms with E-state index in [0.29, 0.717) is 17.9 Å². The van der Waals surface area contributed by atoms with Gasteiger partial charge in [-0.25, -0.2) is 0 Å². The van der Waals surface area contributed by atoms with Gasteiger partial charge < -0.3 is 20.7 Å². The first-order valence-electron chi connectivity index (χ1n) is 6.03. The first kappa shape index (κ1) is 12.7. The fourth-order valence-electron chi connectivity index (χ4n) is 1.98. The van der Waals surface area contributed by atoms with E-state index in [1.54, 1.807) is 37.2 Å². The lowest BCUT2D eigenvalue weighted by atomic mass is 10.1. The fourth-order valence-corrected chi connectivity index (χ4v) is 1.98. The van der Waals surface area contributed by atoms with Crippen LogP contribution in [0.1, 0.15) is 16.8 Å². The Morgan fingerprint density at radius 3 is 2.89 bits per heavy atom. The zero-order valence-corrected chi connectivity index (χ0v) is 10.8. The van der Waals surface area contributed by atoms with E-state index in [2.05, 4.69) is 5.32 Å². The average Bonchev–Trinajstić information content (AvgIpc) is 2.81. The molecule has 1 heterocycles. The Hall–Kier alpha value is -1.75. The lowest BCUT2D eigenvalue weighted by molar-refractivity contribution is 0.0828. The molecule has 5 nitrogen and oxygen atoms in total. The molecule has 1 saturated heterocycles. The van der Waals surface area contributed by atoms with Crippen LogP contribution in [0.15, 0.2) is 18.2 Å². The van der Waals surface area contributed by atoms with Gasteiger partial charge in [0.1, 0.15) is 0 Å². The van der Waals surface area contributed by atoms with Crippen molar-refractivity contribution in [3.05, 3.63) is 23.8 Å². The van der Waals surface area contributed by atoms with Crippen LogP contribution in [0.2, 0.25) is 0 Å². The van der Waals surface area contributed by atoms with Crippen LogP contribution in [0, 0.1) is 0 Å². The molecule has 3 N–H and O–H groups in total. The Balaban J connectivity index is 2.25. The molecule has 1 atom stereocenters. The smallest absolute Gasteiger partial charge is 0.255 e. The van der Waals surface area contributed by atoms with Gasteiger partial charge in [0.25, 0.3) is 5.91 Å². The van der Waals surface area contributed by atoms with Crippen LogP contribution in [-0.4, -0.2) is 44.2 Å². The number of nitrogens with two attached hydrogens (primary N) is 1. The summed E-state index contributed by atoms with van der Waals surface area (Å²) >= 11 is 0. The number of carbonyl (C=O) groups excluding carboxylic acids is 1. The highest BCUT2D eigenvalue weighted by Gasteiger charge is 2.19. The minimum Gasteiger partial charge on any atom is -0.399 e. The Bertz CT molecular complexity index is 440. The van der Waals surface area contributed by atoms with E-state index >= 15 is 0 Å². The quantitative estimate of drug-likeness (QED) is 0.789. The van der Waals surface area contributed by atoms with E-state index in [0.717, 1.165) is 18.7 Å². The molecule has 0 spiro atoms. The maximum Gasteiger partial charge on any atom is 0.255 e. The van der Waals surface area contributed by atoms with Crippen LogP contribution in [0.5, 0.6) is 0 Å². The molecular weight excluding hydrogens is 230 g/mol. The van der Waals surface area contributed by atoms with Gasteiger partial charge in [0.05, 0.1) is 18.2 Å². The molecule has 1 aliphatic rings. The molecule has 0 bridgehead atoms. The normalized spacial score (nSPS) is 18.7. The molecule has 2 rings (SSSR count). The Kier molecular flexibility index (Phi) is 3.72. The SMILES string of the molecule is CN(C)C(=O)c1ccc(N)cc1NC1CCOC1. The van der Waals surface area contributed by atoms with Gasteiger partial charge in [0, 0.05) is 32.1 Å². The molecule has 0 aromatic heterocycles. The summed E-state index contributed by atoms with van der Waals surface area (Å²) < 4.78 is 5.32. The highest BCUT2D eigenvalue weighted by atomic mass is 16.5. The summed E-state index contributed by atoms with van der Waals surface area (Å²) in [7, 11) is 3.47. The molecule has 0 saturated carbocycles. The number of hydrogen-bond acceptors (Lipinski definition) is 4. The summed E-state index contributed by atoms with van der Waals surface area (Å²) in [5.74, 6) is -0.0311. The van der Waals surface area contributed by atoms with Gasteiger partial charge >= 0.3 is 0 Å². The van der Waals surface area contributed by atoms with Gasteiger partial charge in [-0.15, -0.1) is 0 Å². The number of nitrogens with one attached hydrogen (secondary N) is 1. The Morgan fingerprint density at radius 1 is 1.50 bits per heavy atom. The van der Waals surface area contributed by atoms with Gasteiger partial charge in [-0.3, -0.25) is 4.79 Å². The zero-order chi connectivity index (χ0) is 13.1. The summed E-state index contributed by atoms with van der Waals surface area (Å²) in [5, 5.41) is 3.33. The van der Waals surface area contributed by atoms with E-state index in [1.807, 2.05) is 0 Å². The summed E-state index contributed by atoms with van der Waals surface area (Å²) in [4.78, 5) is 13.6. The molecule has 1 aliphatic heterocycles. The third-order valence-electron chi connectivity index (χ3n) is 2.97. The van der Waals surface area contributed by atoms with Crippen molar-refractivity contribution in [2.45, 2.75) is 12.5 Å². The maximum absolute atomic E-state index is 12.1. The van der Waals surface area contributed by atoms with Crippen LogP contribution in [0.25, 0.3) is 0 Å². The minimum atomic E-state index is -0.0311. The van der Waals surface area contributed by atoms with Crippen molar-refractivity contribution in [3.8, 4) is 0 Å². The van der Waals surface area contributed by atoms with Crippen molar-refractivity contribution in [2.24, 2.45) is 0 Å². The van der Waals surface area contributed by atoms with Crippen LogP contribution >= 0.6 is 0 Å². The van der Waals surface area contributed by atoms with Crippen LogP contribution in [-0.2, 0) is 4.74 Å². The minimum absolute atomic E-state index is 0.0311. The molecule has 1 aromatic carbocycles. The van der Waals surface area contributed by atoms with E-state index in [1.165, 1.54) is 0 Å². The van der Waals surface area contributed by atoms with E-state index in [4.69, 9.17) is 10.5 Å². The van der Waals surface area contributed by atoms with Crippen molar-refractivity contribution in [1.29, 1.82) is 0 Å². The van der Waals surface area contributed by atoms with Crippen molar-refractivity contribution in [1.82, 2.24) is 4.90 Å². The largest absolute Gasteiger partial charge is 0.399 e. The molecule has 1 aromatic rings. The topological polar surface area (TPSA) is 67.6 Å². The van der Waals surface area contributed by atoms with Crippen LogP contribution in [0.3, 0.4) is 0 Å². The summed E-state index contributed by atoms with van der Waals surface area (Å²) in [6.45, 7) is 1.43. The first-order valence-corrected chi connectivity index (χ1v) is 6.03. The Labute approximate surface area is 107 Å². The molecule has 0 aliphatic carbocycles. The summed E-state index contributed by atoms with van der Waals surface area (Å²) in [6.07, 6.45) is 0.949. The second kappa shape index (κ2) is 5.27.